The van der Waals surface area contributed by atoms with Crippen molar-refractivity contribution in [3.05, 3.63) is 30.7 Å². The molecule has 0 aromatic heterocycles. The second-order valence-electron chi connectivity index (χ2n) is 2.72. The minimum atomic E-state index is -4.55. The van der Waals surface area contributed by atoms with E-state index in [1.165, 1.54) is 0 Å². The lowest BCUT2D eigenvalue weighted by molar-refractivity contribution is 0.481. The third-order valence-electron chi connectivity index (χ3n) is 1.61. The van der Waals surface area contributed by atoms with Gasteiger partial charge in [-0.3, -0.25) is 9.11 Å². The van der Waals surface area contributed by atoms with Crippen LogP contribution >= 0.6 is 0 Å². The Kier molecular flexibility index (Phi) is 2.88. The smallest absolute Gasteiger partial charge is 0.282 e. The average molecular weight is 251 g/mol. The van der Waals surface area contributed by atoms with E-state index in [4.69, 9.17) is 9.11 Å². The second-order valence-corrected chi connectivity index (χ2v) is 5.53. The molecule has 6 nitrogen and oxygen atoms in total. The third-order valence-corrected chi connectivity index (χ3v) is 3.40. The largest absolute Gasteiger partial charge is 0.294 e. The normalized spacial score (nSPS) is 12.7. The maximum atomic E-state index is 10.8. The van der Waals surface area contributed by atoms with Gasteiger partial charge in [0, 0.05) is 0 Å². The minimum absolute atomic E-state index is 0.0649. The molecule has 0 amide bonds. The Balaban J connectivity index is 3.57. The lowest BCUT2D eigenvalue weighted by atomic mass is 10.2. The highest BCUT2D eigenvalue weighted by Gasteiger charge is 2.18. The maximum absolute atomic E-state index is 10.8. The molecule has 1 aromatic rings. The summed E-state index contributed by atoms with van der Waals surface area (Å²) in [6, 6.07) is 2.67. The highest BCUT2D eigenvalue weighted by Crippen LogP contribution is 2.19. The molecule has 0 aliphatic heterocycles. The molecule has 1 radical (unpaired) electrons. The Morgan fingerprint density at radius 2 is 1.53 bits per heavy atom. The number of hydrogen-bond acceptors (Lipinski definition) is 4. The van der Waals surface area contributed by atoms with Crippen molar-refractivity contribution in [3.8, 4) is 0 Å². The van der Waals surface area contributed by atoms with Crippen LogP contribution in [0.2, 0.25) is 0 Å². The van der Waals surface area contributed by atoms with Crippen LogP contribution in [-0.2, 0) is 20.2 Å². The zero-order valence-corrected chi connectivity index (χ0v) is 8.92. The molecule has 0 bridgehead atoms. The van der Waals surface area contributed by atoms with Gasteiger partial charge < -0.3 is 0 Å². The van der Waals surface area contributed by atoms with Gasteiger partial charge in [0.05, 0.1) is 9.79 Å². The fourth-order valence-electron chi connectivity index (χ4n) is 0.935. The maximum Gasteiger partial charge on any atom is 0.294 e. The summed E-state index contributed by atoms with van der Waals surface area (Å²) < 4.78 is 60.3. The lowest BCUT2D eigenvalue weighted by Gasteiger charge is -2.03. The van der Waals surface area contributed by atoms with E-state index in [1.807, 2.05) is 0 Å². The van der Waals surface area contributed by atoms with Crippen molar-refractivity contribution in [3.63, 3.8) is 0 Å². The first kappa shape index (κ1) is 12.1. The van der Waals surface area contributed by atoms with Crippen LogP contribution in [0.3, 0.4) is 0 Å². The Labute approximate surface area is 87.1 Å². The Morgan fingerprint density at radius 1 is 1.00 bits per heavy atom. The van der Waals surface area contributed by atoms with Crippen LogP contribution in [0.5, 0.6) is 0 Å². The number of benzene rings is 1. The SMILES string of the molecule is [CH2]c1ccc(S(=O)(=O)O)cc1S(=O)(=O)O. The van der Waals surface area contributed by atoms with E-state index >= 15 is 0 Å². The van der Waals surface area contributed by atoms with Crippen LogP contribution in [0.25, 0.3) is 0 Å². The molecule has 0 fully saturated rings. The monoisotopic (exact) mass is 251 g/mol. The zero-order chi connectivity index (χ0) is 11.9. The van der Waals surface area contributed by atoms with Crippen molar-refractivity contribution in [1.29, 1.82) is 0 Å². The first-order valence-corrected chi connectivity index (χ1v) is 6.41. The second kappa shape index (κ2) is 3.56. The molecule has 0 heterocycles. The predicted molar refractivity (Wildman–Crippen MR) is 50.5 cm³/mol. The van der Waals surface area contributed by atoms with Gasteiger partial charge in [0.1, 0.15) is 0 Å². The van der Waals surface area contributed by atoms with Gasteiger partial charge >= 0.3 is 0 Å². The van der Waals surface area contributed by atoms with E-state index in [0.29, 0.717) is 6.07 Å². The van der Waals surface area contributed by atoms with Gasteiger partial charge in [-0.15, -0.1) is 0 Å². The van der Waals surface area contributed by atoms with Gasteiger partial charge in [0.2, 0.25) is 0 Å². The summed E-state index contributed by atoms with van der Waals surface area (Å²) in [7, 11) is -9.06. The molecule has 0 unspecified atom stereocenters. The standard InChI is InChI=1S/C7H7O6S2/c1-5-2-3-6(14(8,9)10)4-7(5)15(11,12)13/h2-4H,1H2,(H,8,9,10)(H,11,12,13). The van der Waals surface area contributed by atoms with Crippen molar-refractivity contribution in [1.82, 2.24) is 0 Å². The molecule has 1 rings (SSSR count). The molecule has 0 saturated heterocycles. The van der Waals surface area contributed by atoms with Crippen molar-refractivity contribution in [2.75, 3.05) is 0 Å². The summed E-state index contributed by atoms with van der Waals surface area (Å²) in [5.41, 5.74) is -0.0649. The summed E-state index contributed by atoms with van der Waals surface area (Å²) in [6.07, 6.45) is 0. The average Bonchev–Trinajstić information content (AvgIpc) is 2.00. The van der Waals surface area contributed by atoms with Crippen LogP contribution in [0, 0.1) is 6.92 Å². The first-order valence-electron chi connectivity index (χ1n) is 3.53. The molecular formula is C7H7O6S2. The van der Waals surface area contributed by atoms with Crippen LogP contribution in [0.4, 0.5) is 0 Å². The molecule has 1 aromatic carbocycles. The number of rotatable bonds is 2. The van der Waals surface area contributed by atoms with Gasteiger partial charge in [-0.1, -0.05) is 6.07 Å². The highest BCUT2D eigenvalue weighted by molar-refractivity contribution is 7.86. The molecule has 0 aliphatic rings. The lowest BCUT2D eigenvalue weighted by Crippen LogP contribution is -2.04. The van der Waals surface area contributed by atoms with Crippen molar-refractivity contribution < 1.29 is 25.9 Å². The fourth-order valence-corrected chi connectivity index (χ4v) is 2.19. The fraction of sp³-hybridized carbons (Fsp3) is 0. The zero-order valence-electron chi connectivity index (χ0n) is 7.28. The van der Waals surface area contributed by atoms with Crippen LogP contribution in [-0.4, -0.2) is 25.9 Å². The quantitative estimate of drug-likeness (QED) is 0.735. The molecule has 0 saturated carbocycles. The summed E-state index contributed by atoms with van der Waals surface area (Å²) in [5.74, 6) is 0. The molecule has 8 heteroatoms. The van der Waals surface area contributed by atoms with E-state index in [2.05, 4.69) is 6.92 Å². The molecule has 0 atom stereocenters. The Bertz CT molecular complexity index is 584. The molecule has 0 spiro atoms. The summed E-state index contributed by atoms with van der Waals surface area (Å²) >= 11 is 0. The summed E-state index contributed by atoms with van der Waals surface area (Å²) in [6.45, 7) is 3.29. The highest BCUT2D eigenvalue weighted by atomic mass is 32.2. The van der Waals surface area contributed by atoms with Crippen LogP contribution in [0.15, 0.2) is 28.0 Å². The first-order chi connectivity index (χ1) is 6.62. The van der Waals surface area contributed by atoms with Gasteiger partial charge in [-0.2, -0.15) is 16.8 Å². The van der Waals surface area contributed by atoms with Crippen molar-refractivity contribution in [2.45, 2.75) is 9.79 Å². The van der Waals surface area contributed by atoms with Crippen LogP contribution in [0.1, 0.15) is 5.56 Å². The Morgan fingerprint density at radius 3 is 1.93 bits per heavy atom. The third kappa shape index (κ3) is 2.75. The Hall–Kier alpha value is -0.960. The van der Waals surface area contributed by atoms with Gasteiger partial charge in [-0.05, 0) is 24.6 Å². The summed E-state index contributed by atoms with van der Waals surface area (Å²) in [4.78, 5) is -1.28. The molecule has 2 N–H and O–H groups in total. The van der Waals surface area contributed by atoms with Crippen LogP contribution < -0.4 is 0 Å². The topological polar surface area (TPSA) is 109 Å². The van der Waals surface area contributed by atoms with Gasteiger partial charge in [0.25, 0.3) is 20.2 Å². The minimum Gasteiger partial charge on any atom is -0.282 e. The predicted octanol–water partition coefficient (Wildman–Crippen LogP) is 0.362. The van der Waals surface area contributed by atoms with Gasteiger partial charge in [0.15, 0.2) is 0 Å². The van der Waals surface area contributed by atoms with E-state index in [0.717, 1.165) is 12.1 Å². The van der Waals surface area contributed by atoms with Crippen molar-refractivity contribution >= 4 is 20.2 Å². The molecule has 0 aliphatic carbocycles. The van der Waals surface area contributed by atoms with Crippen molar-refractivity contribution in [2.24, 2.45) is 0 Å². The molecular weight excluding hydrogens is 244 g/mol. The van der Waals surface area contributed by atoms with E-state index in [-0.39, 0.29) is 5.56 Å². The van der Waals surface area contributed by atoms with E-state index < -0.39 is 30.0 Å². The van der Waals surface area contributed by atoms with E-state index in [1.54, 1.807) is 0 Å². The molecule has 15 heavy (non-hydrogen) atoms. The van der Waals surface area contributed by atoms with Gasteiger partial charge in [-0.25, -0.2) is 0 Å². The summed E-state index contributed by atoms with van der Waals surface area (Å²) in [5, 5.41) is 0. The van der Waals surface area contributed by atoms with E-state index in [9.17, 15) is 16.8 Å². The number of hydrogen-bond donors (Lipinski definition) is 2. The molecule has 83 valence electrons.